The molecule has 0 radical (unpaired) electrons. The normalized spacial score (nSPS) is 11.6. The quantitative estimate of drug-likeness (QED) is 0.275. The van der Waals surface area contributed by atoms with E-state index in [4.69, 9.17) is 16.6 Å². The number of aromatic nitrogens is 2. The maximum atomic E-state index is 6.34. The molecule has 3 heteroatoms. The maximum Gasteiger partial charge on any atom is 0.114 e. The molecule has 154 valence electrons. The number of rotatable bonds is 3. The monoisotopic (exact) mass is 432 g/mol. The van der Waals surface area contributed by atoms with Crippen LogP contribution in [0.2, 0.25) is 5.02 Å². The maximum absolute atomic E-state index is 6.34. The van der Waals surface area contributed by atoms with Crippen LogP contribution in [0.15, 0.2) is 97.1 Å². The summed E-state index contributed by atoms with van der Waals surface area (Å²) in [7, 11) is 0. The summed E-state index contributed by atoms with van der Waals surface area (Å²) in [5.74, 6) is 1.07. The van der Waals surface area contributed by atoms with E-state index in [1.54, 1.807) is 0 Å². The minimum absolute atomic E-state index is 0.788. The fourth-order valence-corrected chi connectivity index (χ4v) is 4.86. The first-order chi connectivity index (χ1) is 15.7. The molecule has 0 bridgehead atoms. The standard InChI is InChI=1S/C29H21ClN2/c1-2-28-31-29-25-8-4-3-6-20(25)13-17-27(29)32(28)23-14-10-19(11-15-23)21-12-16-24-22(18-21)7-5-9-26(24)30/h3-18H,2H2,1H3. The molecular weight excluding hydrogens is 412 g/mol. The summed E-state index contributed by atoms with van der Waals surface area (Å²) in [5.41, 5.74) is 5.71. The smallest absolute Gasteiger partial charge is 0.114 e. The number of hydrogen-bond acceptors (Lipinski definition) is 1. The largest absolute Gasteiger partial charge is 0.296 e. The van der Waals surface area contributed by atoms with E-state index in [9.17, 15) is 0 Å². The number of halogens is 1. The first kappa shape index (κ1) is 19.1. The van der Waals surface area contributed by atoms with Crippen molar-refractivity contribution < 1.29 is 0 Å². The van der Waals surface area contributed by atoms with E-state index in [1.165, 1.54) is 21.9 Å². The molecule has 0 aliphatic rings. The summed E-state index contributed by atoms with van der Waals surface area (Å²) in [6, 6.07) is 34.1. The molecule has 0 saturated heterocycles. The molecule has 1 heterocycles. The zero-order chi connectivity index (χ0) is 21.7. The molecule has 5 aromatic carbocycles. The van der Waals surface area contributed by atoms with Crippen LogP contribution in [0, 0.1) is 0 Å². The highest BCUT2D eigenvalue weighted by Gasteiger charge is 2.13. The van der Waals surface area contributed by atoms with Gasteiger partial charge in [-0.3, -0.25) is 4.57 Å². The Morgan fingerprint density at radius 1 is 0.719 bits per heavy atom. The molecule has 0 N–H and O–H groups in total. The molecular formula is C29H21ClN2. The number of benzene rings is 5. The average molecular weight is 433 g/mol. The van der Waals surface area contributed by atoms with Gasteiger partial charge in [-0.25, -0.2) is 4.98 Å². The molecule has 0 aliphatic heterocycles. The van der Waals surface area contributed by atoms with Crippen LogP contribution in [0.5, 0.6) is 0 Å². The van der Waals surface area contributed by atoms with Crippen LogP contribution in [0.25, 0.3) is 49.4 Å². The fraction of sp³-hybridized carbons (Fsp3) is 0.0690. The SMILES string of the molecule is CCc1nc2c3ccccc3ccc2n1-c1ccc(-c2ccc3c(Cl)cccc3c2)cc1. The topological polar surface area (TPSA) is 17.8 Å². The van der Waals surface area contributed by atoms with Crippen molar-refractivity contribution in [2.75, 3.05) is 0 Å². The van der Waals surface area contributed by atoms with Gasteiger partial charge in [-0.15, -0.1) is 0 Å². The molecule has 0 fully saturated rings. The molecule has 2 nitrogen and oxygen atoms in total. The van der Waals surface area contributed by atoms with E-state index >= 15 is 0 Å². The Morgan fingerprint density at radius 2 is 1.50 bits per heavy atom. The predicted molar refractivity (Wildman–Crippen MR) is 136 cm³/mol. The first-order valence-corrected chi connectivity index (χ1v) is 11.3. The Balaban J connectivity index is 1.47. The van der Waals surface area contributed by atoms with Gasteiger partial charge in [0.15, 0.2) is 0 Å². The van der Waals surface area contributed by atoms with E-state index < -0.39 is 0 Å². The number of hydrogen-bond donors (Lipinski definition) is 0. The molecule has 6 rings (SSSR count). The molecule has 0 saturated carbocycles. The van der Waals surface area contributed by atoms with Crippen LogP contribution in [0.4, 0.5) is 0 Å². The van der Waals surface area contributed by atoms with E-state index in [2.05, 4.69) is 96.4 Å². The highest BCUT2D eigenvalue weighted by molar-refractivity contribution is 6.35. The highest BCUT2D eigenvalue weighted by atomic mass is 35.5. The summed E-state index contributed by atoms with van der Waals surface area (Å²) in [4.78, 5) is 5.01. The molecule has 0 unspecified atom stereocenters. The summed E-state index contributed by atoms with van der Waals surface area (Å²) >= 11 is 6.34. The number of aryl methyl sites for hydroxylation is 1. The van der Waals surface area contributed by atoms with Gasteiger partial charge in [0.25, 0.3) is 0 Å². The zero-order valence-electron chi connectivity index (χ0n) is 17.7. The van der Waals surface area contributed by atoms with E-state index in [1.807, 2.05) is 12.1 Å². The number of fused-ring (bicyclic) bond motifs is 4. The van der Waals surface area contributed by atoms with Crippen LogP contribution in [0.3, 0.4) is 0 Å². The number of nitrogens with zero attached hydrogens (tertiary/aromatic N) is 2. The van der Waals surface area contributed by atoms with Crippen molar-refractivity contribution >= 4 is 44.2 Å². The van der Waals surface area contributed by atoms with Gasteiger partial charge in [0, 0.05) is 27.9 Å². The van der Waals surface area contributed by atoms with Gasteiger partial charge < -0.3 is 0 Å². The Labute approximate surface area is 191 Å². The molecule has 0 atom stereocenters. The predicted octanol–water partition coefficient (Wildman–Crippen LogP) is 8.21. The lowest BCUT2D eigenvalue weighted by Crippen LogP contribution is -1.99. The highest BCUT2D eigenvalue weighted by Crippen LogP contribution is 2.31. The molecule has 32 heavy (non-hydrogen) atoms. The van der Waals surface area contributed by atoms with Crippen molar-refractivity contribution in [1.82, 2.24) is 9.55 Å². The van der Waals surface area contributed by atoms with Crippen LogP contribution in [-0.4, -0.2) is 9.55 Å². The third kappa shape index (κ3) is 2.99. The van der Waals surface area contributed by atoms with Gasteiger partial charge in [0.2, 0.25) is 0 Å². The second-order valence-corrected chi connectivity index (χ2v) is 8.50. The summed E-state index contributed by atoms with van der Waals surface area (Å²) in [6.45, 7) is 2.16. The van der Waals surface area contributed by atoms with Gasteiger partial charge in [-0.2, -0.15) is 0 Å². The van der Waals surface area contributed by atoms with Gasteiger partial charge in [-0.05, 0) is 52.2 Å². The van der Waals surface area contributed by atoms with Gasteiger partial charge in [-0.1, -0.05) is 85.3 Å². The molecule has 0 spiro atoms. The van der Waals surface area contributed by atoms with Gasteiger partial charge >= 0.3 is 0 Å². The Kier molecular flexibility index (Phi) is 4.48. The van der Waals surface area contributed by atoms with Crippen LogP contribution < -0.4 is 0 Å². The lowest BCUT2D eigenvalue weighted by Gasteiger charge is -2.11. The summed E-state index contributed by atoms with van der Waals surface area (Å²) < 4.78 is 2.28. The lowest BCUT2D eigenvalue weighted by atomic mass is 10.0. The first-order valence-electron chi connectivity index (χ1n) is 10.9. The second-order valence-electron chi connectivity index (χ2n) is 8.09. The van der Waals surface area contributed by atoms with E-state index in [-0.39, 0.29) is 0 Å². The van der Waals surface area contributed by atoms with Crippen molar-refractivity contribution in [1.29, 1.82) is 0 Å². The Morgan fingerprint density at radius 3 is 2.34 bits per heavy atom. The summed E-state index contributed by atoms with van der Waals surface area (Å²) in [6.07, 6.45) is 0.871. The lowest BCUT2D eigenvalue weighted by molar-refractivity contribution is 0.908. The fourth-order valence-electron chi connectivity index (χ4n) is 4.61. The second kappa shape index (κ2) is 7.51. The third-order valence-electron chi connectivity index (χ3n) is 6.22. The van der Waals surface area contributed by atoms with Crippen molar-refractivity contribution in [3.63, 3.8) is 0 Å². The summed E-state index contributed by atoms with van der Waals surface area (Å²) in [5, 5.41) is 5.44. The van der Waals surface area contributed by atoms with Crippen LogP contribution >= 0.6 is 11.6 Å². The zero-order valence-corrected chi connectivity index (χ0v) is 18.5. The van der Waals surface area contributed by atoms with Crippen LogP contribution in [-0.2, 0) is 6.42 Å². The van der Waals surface area contributed by atoms with E-state index in [0.717, 1.165) is 44.8 Å². The van der Waals surface area contributed by atoms with Crippen molar-refractivity contribution in [2.24, 2.45) is 0 Å². The van der Waals surface area contributed by atoms with Crippen molar-refractivity contribution in [3.8, 4) is 16.8 Å². The Bertz CT molecular complexity index is 1610. The van der Waals surface area contributed by atoms with Crippen molar-refractivity contribution in [3.05, 3.63) is 108 Å². The molecule has 0 amide bonds. The van der Waals surface area contributed by atoms with E-state index in [0.29, 0.717) is 0 Å². The van der Waals surface area contributed by atoms with Gasteiger partial charge in [0.05, 0.1) is 11.0 Å². The number of imidazole rings is 1. The minimum atomic E-state index is 0.788. The van der Waals surface area contributed by atoms with Gasteiger partial charge in [0.1, 0.15) is 5.82 Å². The van der Waals surface area contributed by atoms with Crippen LogP contribution in [0.1, 0.15) is 12.7 Å². The molecule has 1 aromatic heterocycles. The van der Waals surface area contributed by atoms with Crippen molar-refractivity contribution in [2.45, 2.75) is 13.3 Å². The third-order valence-corrected chi connectivity index (χ3v) is 6.55. The molecule has 6 aromatic rings. The minimum Gasteiger partial charge on any atom is -0.296 e. The Hall–Kier alpha value is -3.62. The molecule has 0 aliphatic carbocycles. The average Bonchev–Trinajstić information content (AvgIpc) is 3.23.